The minimum atomic E-state index is -3.02. The second kappa shape index (κ2) is 3.98. The molecule has 0 aromatic carbocycles. The molecule has 0 aliphatic heterocycles. The van der Waals surface area contributed by atoms with E-state index >= 15 is 0 Å². The van der Waals surface area contributed by atoms with Crippen LogP contribution in [0, 0.1) is 5.41 Å². The first-order chi connectivity index (χ1) is 6.46. The number of ketones is 1. The van der Waals surface area contributed by atoms with E-state index in [1.165, 1.54) is 0 Å². The molecule has 1 fully saturated rings. The molecule has 14 heavy (non-hydrogen) atoms. The molecule has 0 amide bonds. The van der Waals surface area contributed by atoms with Gasteiger partial charge in [0.1, 0.15) is 15.6 Å². The molecule has 0 radical (unpaired) electrons. The average Bonchev–Trinajstić information content (AvgIpc) is 2.95. The van der Waals surface area contributed by atoms with Crippen LogP contribution in [0.5, 0.6) is 0 Å². The van der Waals surface area contributed by atoms with E-state index in [4.69, 9.17) is 5.73 Å². The summed E-state index contributed by atoms with van der Waals surface area (Å²) >= 11 is 0. The minimum Gasteiger partial charge on any atom is -0.329 e. The number of Topliss-reactive ketones (excluding diaryl/α,β-unsaturated/α-hetero) is 1. The van der Waals surface area contributed by atoms with Gasteiger partial charge >= 0.3 is 0 Å². The van der Waals surface area contributed by atoms with Crippen LogP contribution in [0.15, 0.2) is 0 Å². The van der Waals surface area contributed by atoms with Crippen molar-refractivity contribution in [3.05, 3.63) is 0 Å². The molecule has 0 atom stereocenters. The first kappa shape index (κ1) is 11.7. The average molecular weight is 219 g/mol. The summed E-state index contributed by atoms with van der Waals surface area (Å²) in [6.45, 7) is 1.95. The highest BCUT2D eigenvalue weighted by Crippen LogP contribution is 2.46. The van der Waals surface area contributed by atoms with Crippen molar-refractivity contribution in [1.29, 1.82) is 0 Å². The predicted molar refractivity (Wildman–Crippen MR) is 54.7 cm³/mol. The van der Waals surface area contributed by atoms with Crippen LogP contribution in [0.3, 0.4) is 0 Å². The molecule has 0 bridgehead atoms. The van der Waals surface area contributed by atoms with Crippen molar-refractivity contribution in [2.75, 3.05) is 18.1 Å². The third kappa shape index (κ3) is 2.54. The molecule has 0 spiro atoms. The van der Waals surface area contributed by atoms with E-state index in [1.54, 1.807) is 6.92 Å². The van der Waals surface area contributed by atoms with Gasteiger partial charge in [0.25, 0.3) is 0 Å². The number of sulfone groups is 1. The van der Waals surface area contributed by atoms with Gasteiger partial charge in [-0.2, -0.15) is 0 Å². The predicted octanol–water partition coefficient (Wildman–Crippen LogP) is 0.119. The SMILES string of the molecule is CCS(=O)(=O)CCC(=O)C1(CN)CC1. The van der Waals surface area contributed by atoms with E-state index in [1.807, 2.05) is 0 Å². The van der Waals surface area contributed by atoms with Crippen LogP contribution in [-0.2, 0) is 14.6 Å². The molecule has 0 heterocycles. The molecule has 1 aliphatic carbocycles. The van der Waals surface area contributed by atoms with Gasteiger partial charge in [0, 0.05) is 24.1 Å². The topological polar surface area (TPSA) is 77.2 Å². The van der Waals surface area contributed by atoms with Crippen molar-refractivity contribution in [2.24, 2.45) is 11.1 Å². The molecule has 2 N–H and O–H groups in total. The number of hydrogen-bond acceptors (Lipinski definition) is 4. The van der Waals surface area contributed by atoms with Crippen LogP contribution in [0.2, 0.25) is 0 Å². The quantitative estimate of drug-likeness (QED) is 0.688. The van der Waals surface area contributed by atoms with E-state index in [9.17, 15) is 13.2 Å². The maximum atomic E-state index is 11.6. The minimum absolute atomic E-state index is 0.0237. The normalized spacial score (nSPS) is 19.3. The zero-order valence-corrected chi connectivity index (χ0v) is 9.27. The van der Waals surface area contributed by atoms with Crippen LogP contribution in [0.4, 0.5) is 0 Å². The zero-order valence-electron chi connectivity index (χ0n) is 8.45. The largest absolute Gasteiger partial charge is 0.329 e. The van der Waals surface area contributed by atoms with Crippen LogP contribution in [0.1, 0.15) is 26.2 Å². The summed E-state index contributed by atoms with van der Waals surface area (Å²) in [7, 11) is -3.02. The lowest BCUT2D eigenvalue weighted by Gasteiger charge is -2.10. The molecule has 4 nitrogen and oxygen atoms in total. The Balaban J connectivity index is 2.43. The van der Waals surface area contributed by atoms with Crippen molar-refractivity contribution < 1.29 is 13.2 Å². The standard InChI is InChI=1S/C9H17NO3S/c1-2-14(12,13)6-3-8(11)9(7-10)4-5-9/h2-7,10H2,1H3. The molecule has 0 saturated heterocycles. The second-order valence-electron chi connectivity index (χ2n) is 3.89. The zero-order chi connectivity index (χ0) is 10.8. The summed E-state index contributed by atoms with van der Waals surface area (Å²) in [6.07, 6.45) is 1.79. The summed E-state index contributed by atoms with van der Waals surface area (Å²) in [4.78, 5) is 11.6. The molecule has 0 aromatic heterocycles. The van der Waals surface area contributed by atoms with Crippen molar-refractivity contribution >= 4 is 15.6 Å². The Bertz CT molecular complexity index is 317. The Morgan fingerprint density at radius 2 is 2.00 bits per heavy atom. The molecular weight excluding hydrogens is 202 g/mol. The summed E-state index contributed by atoms with van der Waals surface area (Å²) < 4.78 is 22.3. The fourth-order valence-corrected chi connectivity index (χ4v) is 2.19. The van der Waals surface area contributed by atoms with Crippen molar-refractivity contribution in [1.82, 2.24) is 0 Å². The molecule has 1 rings (SSSR count). The van der Waals surface area contributed by atoms with Crippen molar-refractivity contribution in [3.8, 4) is 0 Å². The summed E-state index contributed by atoms with van der Waals surface area (Å²) in [5.74, 6) is 0.108. The van der Waals surface area contributed by atoms with Gasteiger partial charge in [-0.15, -0.1) is 0 Å². The van der Waals surface area contributed by atoms with E-state index in [0.717, 1.165) is 12.8 Å². The van der Waals surface area contributed by atoms with E-state index in [2.05, 4.69) is 0 Å². The van der Waals surface area contributed by atoms with Crippen LogP contribution in [-0.4, -0.2) is 32.3 Å². The van der Waals surface area contributed by atoms with Gasteiger partial charge in [0.15, 0.2) is 0 Å². The first-order valence-electron chi connectivity index (χ1n) is 4.89. The van der Waals surface area contributed by atoms with Crippen LogP contribution in [0.25, 0.3) is 0 Å². The molecule has 0 aromatic rings. The van der Waals surface area contributed by atoms with Gasteiger partial charge in [-0.1, -0.05) is 6.92 Å². The van der Waals surface area contributed by atoms with Crippen LogP contribution >= 0.6 is 0 Å². The van der Waals surface area contributed by atoms with E-state index in [0.29, 0.717) is 6.54 Å². The Kier molecular flexibility index (Phi) is 3.32. The fraction of sp³-hybridized carbons (Fsp3) is 0.889. The maximum absolute atomic E-state index is 11.6. The lowest BCUT2D eigenvalue weighted by Crippen LogP contribution is -2.27. The Morgan fingerprint density at radius 3 is 2.36 bits per heavy atom. The second-order valence-corrected chi connectivity index (χ2v) is 6.37. The van der Waals surface area contributed by atoms with Crippen molar-refractivity contribution in [2.45, 2.75) is 26.2 Å². The lowest BCUT2D eigenvalue weighted by atomic mass is 10.00. The highest BCUT2D eigenvalue weighted by atomic mass is 32.2. The highest BCUT2D eigenvalue weighted by Gasteiger charge is 2.47. The number of rotatable bonds is 6. The van der Waals surface area contributed by atoms with E-state index in [-0.39, 0.29) is 29.1 Å². The highest BCUT2D eigenvalue weighted by molar-refractivity contribution is 7.91. The van der Waals surface area contributed by atoms with Gasteiger partial charge in [-0.3, -0.25) is 4.79 Å². The first-order valence-corrected chi connectivity index (χ1v) is 6.72. The molecule has 82 valence electrons. The maximum Gasteiger partial charge on any atom is 0.150 e. The van der Waals surface area contributed by atoms with Gasteiger partial charge in [0.2, 0.25) is 0 Å². The van der Waals surface area contributed by atoms with E-state index < -0.39 is 9.84 Å². The number of carbonyl (C=O) groups excluding carboxylic acids is 1. The number of nitrogens with two attached hydrogens (primary N) is 1. The van der Waals surface area contributed by atoms with Gasteiger partial charge < -0.3 is 5.73 Å². The monoisotopic (exact) mass is 219 g/mol. The number of carbonyl (C=O) groups is 1. The Morgan fingerprint density at radius 1 is 1.43 bits per heavy atom. The fourth-order valence-electron chi connectivity index (χ4n) is 1.41. The smallest absolute Gasteiger partial charge is 0.150 e. The van der Waals surface area contributed by atoms with Gasteiger partial charge in [-0.25, -0.2) is 8.42 Å². The Labute approximate surface area is 84.8 Å². The molecule has 0 unspecified atom stereocenters. The number of hydrogen-bond donors (Lipinski definition) is 1. The van der Waals surface area contributed by atoms with Gasteiger partial charge in [-0.05, 0) is 12.8 Å². The Hall–Kier alpha value is -0.420. The molecular formula is C9H17NO3S. The van der Waals surface area contributed by atoms with Crippen LogP contribution < -0.4 is 5.73 Å². The molecule has 5 heteroatoms. The summed E-state index contributed by atoms with van der Waals surface area (Å²) in [5.41, 5.74) is 5.11. The molecule has 1 saturated carbocycles. The van der Waals surface area contributed by atoms with Gasteiger partial charge in [0.05, 0.1) is 5.75 Å². The molecule has 1 aliphatic rings. The lowest BCUT2D eigenvalue weighted by molar-refractivity contribution is -0.123. The van der Waals surface area contributed by atoms with Crippen molar-refractivity contribution in [3.63, 3.8) is 0 Å². The third-order valence-electron chi connectivity index (χ3n) is 2.92. The summed E-state index contributed by atoms with van der Waals surface area (Å²) in [6, 6.07) is 0. The third-order valence-corrected chi connectivity index (χ3v) is 4.62. The summed E-state index contributed by atoms with van der Waals surface area (Å²) in [5, 5.41) is 0.